The molecule has 1 N–H and O–H groups in total. The number of imidazole rings is 1. The standard InChI is InChI=1S/C21H24BrN3O2/c1-21(2,3)27-20(26)25-16-9-12(16)10-17(25)19-23-15-7-4-11-8-13(22)5-6-14(11)18(15)24-19/h5-6,8,12,16-17H,4,7,9-10H2,1-3H3,(H,23,24)/t12-,16-,17+/m1/s1. The van der Waals surface area contributed by atoms with Gasteiger partial charge in [0.05, 0.1) is 11.7 Å². The highest BCUT2D eigenvalue weighted by Crippen LogP contribution is 2.53. The number of piperidine rings is 1. The number of hydrogen-bond donors (Lipinski definition) is 1. The number of likely N-dealkylation sites (tertiary alicyclic amines) is 1. The SMILES string of the molecule is CC(C)(C)OC(=O)N1[C@@H]2C[C@@H]2C[C@H]1c1nc2c([nH]1)CCc1cc(Br)ccc1-2. The molecule has 1 aromatic carbocycles. The molecule has 5 nitrogen and oxygen atoms in total. The van der Waals surface area contributed by atoms with Gasteiger partial charge >= 0.3 is 6.09 Å². The first-order chi connectivity index (χ1) is 12.8. The van der Waals surface area contributed by atoms with Gasteiger partial charge in [0.25, 0.3) is 0 Å². The molecule has 3 atom stereocenters. The average molecular weight is 430 g/mol. The van der Waals surface area contributed by atoms with Crippen LogP contribution in [-0.2, 0) is 17.6 Å². The lowest BCUT2D eigenvalue weighted by Gasteiger charge is -2.29. The molecule has 1 saturated heterocycles. The summed E-state index contributed by atoms with van der Waals surface area (Å²) in [4.78, 5) is 23.3. The van der Waals surface area contributed by atoms with E-state index in [2.05, 4.69) is 39.1 Å². The van der Waals surface area contributed by atoms with Gasteiger partial charge in [0.1, 0.15) is 11.4 Å². The molecule has 3 aliphatic rings. The number of ether oxygens (including phenoxy) is 1. The van der Waals surface area contributed by atoms with Gasteiger partial charge in [-0.3, -0.25) is 4.90 Å². The van der Waals surface area contributed by atoms with Crippen molar-refractivity contribution in [2.75, 3.05) is 0 Å². The molecule has 0 unspecified atom stereocenters. The molecule has 1 saturated carbocycles. The number of H-pyrrole nitrogens is 1. The number of aromatic amines is 1. The van der Waals surface area contributed by atoms with Crippen molar-refractivity contribution in [3.05, 3.63) is 39.8 Å². The van der Waals surface area contributed by atoms with Crippen molar-refractivity contribution in [1.29, 1.82) is 0 Å². The number of nitrogens with zero attached hydrogens (tertiary/aromatic N) is 2. The molecule has 27 heavy (non-hydrogen) atoms. The average Bonchev–Trinajstić information content (AvgIpc) is 3.03. The van der Waals surface area contributed by atoms with Gasteiger partial charge in [-0.15, -0.1) is 0 Å². The Morgan fingerprint density at radius 1 is 1.30 bits per heavy atom. The highest BCUT2D eigenvalue weighted by Gasteiger charge is 2.56. The van der Waals surface area contributed by atoms with E-state index in [1.54, 1.807) is 0 Å². The van der Waals surface area contributed by atoms with Crippen LogP contribution in [0.15, 0.2) is 22.7 Å². The van der Waals surface area contributed by atoms with Crippen molar-refractivity contribution < 1.29 is 9.53 Å². The molecule has 0 spiro atoms. The molecule has 2 fully saturated rings. The van der Waals surface area contributed by atoms with Gasteiger partial charge in [-0.1, -0.05) is 22.0 Å². The van der Waals surface area contributed by atoms with Gasteiger partial charge in [-0.05, 0) is 70.1 Å². The van der Waals surface area contributed by atoms with Gasteiger partial charge in [0.2, 0.25) is 0 Å². The number of carbonyl (C=O) groups excluding carboxylic acids is 1. The number of benzene rings is 1. The Morgan fingerprint density at radius 3 is 2.89 bits per heavy atom. The van der Waals surface area contributed by atoms with Crippen molar-refractivity contribution in [2.45, 2.75) is 64.1 Å². The fraction of sp³-hybridized carbons (Fsp3) is 0.524. The maximum absolute atomic E-state index is 12.8. The van der Waals surface area contributed by atoms with Crippen LogP contribution >= 0.6 is 15.9 Å². The molecule has 1 aromatic heterocycles. The van der Waals surface area contributed by atoms with E-state index in [9.17, 15) is 4.79 Å². The van der Waals surface area contributed by atoms with Crippen molar-refractivity contribution in [1.82, 2.24) is 14.9 Å². The summed E-state index contributed by atoms with van der Waals surface area (Å²) in [7, 11) is 0. The van der Waals surface area contributed by atoms with E-state index in [0.29, 0.717) is 12.0 Å². The van der Waals surface area contributed by atoms with Gasteiger partial charge in [-0.2, -0.15) is 0 Å². The number of hydrogen-bond acceptors (Lipinski definition) is 3. The zero-order valence-electron chi connectivity index (χ0n) is 15.9. The summed E-state index contributed by atoms with van der Waals surface area (Å²) in [6.07, 6.45) is 3.82. The van der Waals surface area contributed by atoms with Crippen molar-refractivity contribution in [3.8, 4) is 11.3 Å². The number of halogens is 1. The maximum atomic E-state index is 12.8. The first kappa shape index (κ1) is 17.3. The minimum atomic E-state index is -0.483. The third kappa shape index (κ3) is 2.98. The van der Waals surface area contributed by atoms with Gasteiger partial charge in [-0.25, -0.2) is 9.78 Å². The number of aryl methyl sites for hydroxylation is 2. The molecule has 1 aliphatic heterocycles. The molecular formula is C21H24BrN3O2. The van der Waals surface area contributed by atoms with E-state index in [1.807, 2.05) is 25.7 Å². The minimum Gasteiger partial charge on any atom is -0.444 e. The van der Waals surface area contributed by atoms with Crippen LogP contribution in [-0.4, -0.2) is 32.6 Å². The van der Waals surface area contributed by atoms with E-state index in [1.165, 1.54) is 16.8 Å². The highest BCUT2D eigenvalue weighted by molar-refractivity contribution is 9.10. The zero-order valence-corrected chi connectivity index (χ0v) is 17.5. The fourth-order valence-corrected chi connectivity index (χ4v) is 4.94. The summed E-state index contributed by atoms with van der Waals surface area (Å²) in [6.45, 7) is 5.75. The molecule has 5 rings (SSSR count). The lowest BCUT2D eigenvalue weighted by atomic mass is 9.92. The fourth-order valence-electron chi connectivity index (χ4n) is 4.53. The Labute approximate surface area is 167 Å². The lowest BCUT2D eigenvalue weighted by molar-refractivity contribution is 0.0175. The Hall–Kier alpha value is -1.82. The Balaban J connectivity index is 1.47. The molecule has 1 amide bonds. The molecule has 0 bridgehead atoms. The number of carbonyl (C=O) groups is 1. The highest BCUT2D eigenvalue weighted by atomic mass is 79.9. The van der Waals surface area contributed by atoms with Crippen LogP contribution in [0.4, 0.5) is 4.79 Å². The summed E-state index contributed by atoms with van der Waals surface area (Å²) in [6, 6.07) is 6.70. The van der Waals surface area contributed by atoms with Crippen LogP contribution in [0.2, 0.25) is 0 Å². The van der Waals surface area contributed by atoms with Crippen molar-refractivity contribution in [2.24, 2.45) is 5.92 Å². The predicted molar refractivity (Wildman–Crippen MR) is 106 cm³/mol. The third-order valence-electron chi connectivity index (χ3n) is 5.79. The summed E-state index contributed by atoms with van der Waals surface area (Å²) in [5.74, 6) is 1.50. The number of aromatic nitrogens is 2. The molecule has 2 heterocycles. The molecule has 6 heteroatoms. The molecule has 2 aromatic rings. The van der Waals surface area contributed by atoms with Gasteiger partial charge in [0.15, 0.2) is 0 Å². The normalized spacial score (nSPS) is 25.6. The van der Waals surface area contributed by atoms with Crippen LogP contribution in [0.3, 0.4) is 0 Å². The summed E-state index contributed by atoms with van der Waals surface area (Å²) < 4.78 is 6.79. The molecular weight excluding hydrogens is 406 g/mol. The van der Waals surface area contributed by atoms with Crippen LogP contribution in [0.1, 0.15) is 56.7 Å². The largest absolute Gasteiger partial charge is 0.444 e. The quantitative estimate of drug-likeness (QED) is 0.692. The van der Waals surface area contributed by atoms with Crippen LogP contribution in [0, 0.1) is 5.92 Å². The van der Waals surface area contributed by atoms with Crippen molar-refractivity contribution in [3.63, 3.8) is 0 Å². The summed E-state index contributed by atoms with van der Waals surface area (Å²) >= 11 is 3.56. The zero-order chi connectivity index (χ0) is 18.9. The molecule has 142 valence electrons. The molecule has 2 aliphatic carbocycles. The number of amides is 1. The second kappa shape index (κ2) is 5.84. The van der Waals surface area contributed by atoms with Crippen molar-refractivity contribution >= 4 is 22.0 Å². The van der Waals surface area contributed by atoms with Crippen LogP contribution in [0.25, 0.3) is 11.3 Å². The number of fused-ring (bicyclic) bond motifs is 4. The topological polar surface area (TPSA) is 58.2 Å². The Bertz CT molecular complexity index is 930. The Morgan fingerprint density at radius 2 is 2.11 bits per heavy atom. The molecule has 0 radical (unpaired) electrons. The second-order valence-electron chi connectivity index (χ2n) is 8.95. The van der Waals surface area contributed by atoms with E-state index in [-0.39, 0.29) is 12.1 Å². The third-order valence-corrected chi connectivity index (χ3v) is 6.28. The lowest BCUT2D eigenvalue weighted by Crippen LogP contribution is -2.38. The van der Waals surface area contributed by atoms with E-state index in [4.69, 9.17) is 9.72 Å². The van der Waals surface area contributed by atoms with E-state index < -0.39 is 5.60 Å². The Kier molecular flexibility index (Phi) is 3.74. The first-order valence-electron chi connectivity index (χ1n) is 9.69. The summed E-state index contributed by atoms with van der Waals surface area (Å²) in [5, 5.41) is 0. The minimum absolute atomic E-state index is 0.00639. The smallest absolute Gasteiger partial charge is 0.411 e. The monoisotopic (exact) mass is 429 g/mol. The number of nitrogens with one attached hydrogen (secondary N) is 1. The predicted octanol–water partition coefficient (Wildman–Crippen LogP) is 5.01. The maximum Gasteiger partial charge on any atom is 0.411 e. The van der Waals surface area contributed by atoms with Crippen LogP contribution in [0.5, 0.6) is 0 Å². The van der Waals surface area contributed by atoms with E-state index >= 15 is 0 Å². The van der Waals surface area contributed by atoms with Gasteiger partial charge < -0.3 is 9.72 Å². The second-order valence-corrected chi connectivity index (χ2v) is 9.87. The summed E-state index contributed by atoms with van der Waals surface area (Å²) in [5.41, 5.74) is 4.28. The van der Waals surface area contributed by atoms with E-state index in [0.717, 1.165) is 41.7 Å². The first-order valence-corrected chi connectivity index (χ1v) is 10.5. The number of rotatable bonds is 1. The van der Waals surface area contributed by atoms with Crippen LogP contribution < -0.4 is 0 Å². The van der Waals surface area contributed by atoms with Gasteiger partial charge in [0, 0.05) is 21.8 Å².